The van der Waals surface area contributed by atoms with Crippen molar-refractivity contribution >= 4 is 31.0 Å². The highest BCUT2D eigenvalue weighted by Crippen LogP contribution is 2.40. The average Bonchev–Trinajstić information content (AvgIpc) is 3.51. The van der Waals surface area contributed by atoms with E-state index in [1.165, 1.54) is 6.33 Å². The Morgan fingerprint density at radius 2 is 1.71 bits per heavy atom. The molecule has 0 unspecified atom stereocenters. The van der Waals surface area contributed by atoms with E-state index < -0.39 is 13.7 Å². The van der Waals surface area contributed by atoms with E-state index in [4.69, 9.17) is 20.2 Å². The highest BCUT2D eigenvalue weighted by atomic mass is 28.3. The number of hydrogen-bond acceptors (Lipinski definition) is 6. The third kappa shape index (κ3) is 6.39. The van der Waals surface area contributed by atoms with Gasteiger partial charge < -0.3 is 24.7 Å². The van der Waals surface area contributed by atoms with E-state index in [0.29, 0.717) is 24.6 Å². The first-order chi connectivity index (χ1) is 19.4. The van der Waals surface area contributed by atoms with Gasteiger partial charge in [0.2, 0.25) is 0 Å². The summed E-state index contributed by atoms with van der Waals surface area (Å²) in [6, 6.07) is 17.6. The van der Waals surface area contributed by atoms with E-state index in [1.807, 2.05) is 75.4 Å². The third-order valence-electron chi connectivity index (χ3n) is 6.67. The molecule has 4 aromatic rings. The molecule has 0 spiro atoms. The first kappa shape index (κ1) is 28.2. The molecule has 2 N–H and O–H groups in total. The van der Waals surface area contributed by atoms with Crippen molar-refractivity contribution in [1.82, 2.24) is 19.4 Å². The van der Waals surface area contributed by atoms with Crippen molar-refractivity contribution in [2.24, 2.45) is 0 Å². The van der Waals surface area contributed by atoms with E-state index in [0.717, 1.165) is 40.1 Å². The van der Waals surface area contributed by atoms with Gasteiger partial charge in [0, 0.05) is 18.7 Å². The third-order valence-corrected chi connectivity index (χ3v) is 7.55. The van der Waals surface area contributed by atoms with E-state index in [9.17, 15) is 4.79 Å². The first-order valence-electron chi connectivity index (χ1n) is 13.9. The molecule has 1 aliphatic rings. The SMILES string of the molecule is CC(C)(C)OC(=O)N1CC[C@@H](n2c(C#C[Si](C)(C)C)c(-c3ccc(Oc4ccccc4)cc3)c3c(N)ncnc32)C1. The normalized spacial score (nSPS) is 15.5. The summed E-state index contributed by atoms with van der Waals surface area (Å²) in [4.78, 5) is 23.7. The Labute approximate surface area is 242 Å². The van der Waals surface area contributed by atoms with Gasteiger partial charge in [0.25, 0.3) is 0 Å². The van der Waals surface area contributed by atoms with Gasteiger partial charge in [-0.1, -0.05) is 55.9 Å². The molecule has 3 heterocycles. The van der Waals surface area contributed by atoms with Gasteiger partial charge in [0.1, 0.15) is 48.7 Å². The van der Waals surface area contributed by atoms with Crippen molar-refractivity contribution < 1.29 is 14.3 Å². The lowest BCUT2D eigenvalue weighted by atomic mass is 10.0. The van der Waals surface area contributed by atoms with Crippen LogP contribution in [0, 0.1) is 11.5 Å². The molecule has 8 nitrogen and oxygen atoms in total. The molecule has 2 aromatic heterocycles. The fraction of sp³-hybridized carbons (Fsp3) is 0.344. The number of likely N-dealkylation sites (tertiary alicyclic amines) is 1. The van der Waals surface area contributed by atoms with Gasteiger partial charge in [0.05, 0.1) is 11.4 Å². The lowest BCUT2D eigenvalue weighted by Crippen LogP contribution is -2.35. The van der Waals surface area contributed by atoms with Gasteiger partial charge >= 0.3 is 6.09 Å². The maximum atomic E-state index is 12.9. The summed E-state index contributed by atoms with van der Waals surface area (Å²) in [6.45, 7) is 13.4. The molecule has 9 heteroatoms. The van der Waals surface area contributed by atoms with E-state index in [-0.39, 0.29) is 12.1 Å². The summed E-state index contributed by atoms with van der Waals surface area (Å²) >= 11 is 0. The molecule has 0 radical (unpaired) electrons. The van der Waals surface area contributed by atoms with Gasteiger partial charge in [-0.15, -0.1) is 5.54 Å². The Bertz CT molecular complexity index is 1620. The van der Waals surface area contributed by atoms with Crippen LogP contribution in [0.4, 0.5) is 10.6 Å². The summed E-state index contributed by atoms with van der Waals surface area (Å²) in [5.74, 6) is 5.43. The van der Waals surface area contributed by atoms with Gasteiger partial charge in [-0.2, -0.15) is 0 Å². The Morgan fingerprint density at radius 1 is 1.02 bits per heavy atom. The Hall–Kier alpha value is -4.29. The Kier molecular flexibility index (Phi) is 7.54. The molecule has 0 bridgehead atoms. The van der Waals surface area contributed by atoms with Crippen molar-refractivity contribution in [3.63, 3.8) is 0 Å². The number of nitrogens with two attached hydrogens (primary N) is 1. The number of benzene rings is 2. The summed E-state index contributed by atoms with van der Waals surface area (Å²) < 4.78 is 13.9. The van der Waals surface area contributed by atoms with E-state index >= 15 is 0 Å². The lowest BCUT2D eigenvalue weighted by molar-refractivity contribution is 0.0289. The van der Waals surface area contributed by atoms with E-state index in [2.05, 4.69) is 40.7 Å². The minimum atomic E-state index is -1.75. The van der Waals surface area contributed by atoms with Crippen molar-refractivity contribution in [3.8, 4) is 34.1 Å². The molecule has 1 amide bonds. The van der Waals surface area contributed by atoms with Crippen LogP contribution < -0.4 is 10.5 Å². The van der Waals surface area contributed by atoms with Gasteiger partial charge in [0.15, 0.2) is 0 Å². The van der Waals surface area contributed by atoms with Crippen molar-refractivity contribution in [3.05, 3.63) is 66.6 Å². The highest BCUT2D eigenvalue weighted by molar-refractivity contribution is 6.83. The maximum absolute atomic E-state index is 12.9. The van der Waals surface area contributed by atoms with Crippen LogP contribution in [0.1, 0.15) is 38.9 Å². The van der Waals surface area contributed by atoms with Crippen molar-refractivity contribution in [1.29, 1.82) is 0 Å². The first-order valence-corrected chi connectivity index (χ1v) is 17.4. The predicted octanol–water partition coefficient (Wildman–Crippen LogP) is 6.88. The zero-order valence-corrected chi connectivity index (χ0v) is 25.6. The number of nitrogen functional groups attached to an aromatic ring is 1. The zero-order valence-electron chi connectivity index (χ0n) is 24.6. The van der Waals surface area contributed by atoms with Gasteiger partial charge in [-0.3, -0.25) is 0 Å². The molecule has 0 aliphatic carbocycles. The monoisotopic (exact) mass is 567 g/mol. The number of fused-ring (bicyclic) bond motifs is 1. The molecule has 1 fully saturated rings. The molecule has 2 aromatic carbocycles. The zero-order chi connectivity index (χ0) is 29.4. The number of nitrogens with zero attached hydrogens (tertiary/aromatic N) is 4. The van der Waals surface area contributed by atoms with Crippen LogP contribution in [-0.2, 0) is 4.74 Å². The Balaban J connectivity index is 1.61. The minimum absolute atomic E-state index is 0.0420. The standard InChI is InChI=1S/C32H37N5O3Si/c1-32(2,3)40-31(38)36-18-16-23(20-36)37-26(17-19-41(4,5)6)27(28-29(33)34-21-35-30(28)37)22-12-14-25(15-13-22)39-24-10-8-7-9-11-24/h7-15,21,23H,16,18,20H2,1-6H3,(H2,33,34,35)/t23-/m1/s1. The second kappa shape index (κ2) is 10.9. The quantitative estimate of drug-likeness (QED) is 0.213. The van der Waals surface area contributed by atoms with E-state index in [1.54, 1.807) is 4.90 Å². The second-order valence-electron chi connectivity index (χ2n) is 12.4. The van der Waals surface area contributed by atoms with Crippen molar-refractivity contribution in [2.45, 2.75) is 58.5 Å². The summed E-state index contributed by atoms with van der Waals surface area (Å²) in [6.07, 6.45) is 1.93. The van der Waals surface area contributed by atoms with Crippen LogP contribution in [0.25, 0.3) is 22.2 Å². The number of para-hydroxylation sites is 1. The number of rotatable bonds is 4. The molecule has 1 saturated heterocycles. The van der Waals surface area contributed by atoms with Crippen molar-refractivity contribution in [2.75, 3.05) is 18.8 Å². The van der Waals surface area contributed by atoms with Crippen LogP contribution in [0.2, 0.25) is 19.6 Å². The molecule has 41 heavy (non-hydrogen) atoms. The summed E-state index contributed by atoms with van der Waals surface area (Å²) in [5, 5.41) is 0.764. The predicted molar refractivity (Wildman–Crippen MR) is 166 cm³/mol. The fourth-order valence-electron chi connectivity index (χ4n) is 4.92. The number of ether oxygens (including phenoxy) is 2. The number of aromatic nitrogens is 3. The van der Waals surface area contributed by atoms with Crippen LogP contribution in [0.15, 0.2) is 60.9 Å². The number of carbonyl (C=O) groups is 1. The smallest absolute Gasteiger partial charge is 0.410 e. The average molecular weight is 568 g/mol. The van der Waals surface area contributed by atoms with Gasteiger partial charge in [-0.05, 0) is 57.0 Å². The van der Waals surface area contributed by atoms with Gasteiger partial charge in [-0.25, -0.2) is 14.8 Å². The highest BCUT2D eigenvalue weighted by Gasteiger charge is 2.34. The second-order valence-corrected chi connectivity index (χ2v) is 17.1. The number of anilines is 1. The molecular weight excluding hydrogens is 530 g/mol. The lowest BCUT2D eigenvalue weighted by Gasteiger charge is -2.24. The molecule has 212 valence electrons. The van der Waals surface area contributed by atoms with Crippen LogP contribution in [0.5, 0.6) is 11.5 Å². The summed E-state index contributed by atoms with van der Waals surface area (Å²) in [7, 11) is -1.75. The molecule has 5 rings (SSSR count). The number of amides is 1. The molecule has 1 atom stereocenters. The molecule has 1 aliphatic heterocycles. The topological polar surface area (TPSA) is 95.5 Å². The molecular formula is C32H37N5O3Si. The Morgan fingerprint density at radius 3 is 2.37 bits per heavy atom. The fourth-order valence-corrected chi connectivity index (χ4v) is 5.42. The van der Waals surface area contributed by atoms with Crippen LogP contribution >= 0.6 is 0 Å². The minimum Gasteiger partial charge on any atom is -0.457 e. The largest absolute Gasteiger partial charge is 0.457 e. The maximum Gasteiger partial charge on any atom is 0.410 e. The van der Waals surface area contributed by atoms with Crippen LogP contribution in [0.3, 0.4) is 0 Å². The number of hydrogen-bond donors (Lipinski definition) is 1. The number of carbonyl (C=O) groups excluding carboxylic acids is 1. The molecule has 0 saturated carbocycles. The summed E-state index contributed by atoms with van der Waals surface area (Å²) in [5.41, 5.74) is 12.9. The van der Waals surface area contributed by atoms with Crippen LogP contribution in [-0.4, -0.2) is 52.3 Å².